The van der Waals surface area contributed by atoms with E-state index in [1.54, 1.807) is 13.0 Å². The molecule has 1 aromatic rings. The zero-order chi connectivity index (χ0) is 15.6. The van der Waals surface area contributed by atoms with Gasteiger partial charge in [-0.05, 0) is 56.9 Å². The average Bonchev–Trinajstić information content (AvgIpc) is 2.30. The Kier molecular flexibility index (Phi) is 5.35. The maximum absolute atomic E-state index is 12.6. The second-order valence-electron chi connectivity index (χ2n) is 5.93. The molecule has 0 atom stereocenters. The maximum atomic E-state index is 12.6. The molecule has 1 aromatic carbocycles. The van der Waals surface area contributed by atoms with E-state index in [-0.39, 0.29) is 11.5 Å². The molecular formula is C15H25NO3S. The fourth-order valence-corrected chi connectivity index (χ4v) is 4.17. The summed E-state index contributed by atoms with van der Waals surface area (Å²) < 4.78 is 27.9. The number of hydrogen-bond donors (Lipinski definition) is 2. The van der Waals surface area contributed by atoms with Crippen LogP contribution in [0.25, 0.3) is 0 Å². The van der Waals surface area contributed by atoms with Crippen LogP contribution in [0.3, 0.4) is 0 Å². The van der Waals surface area contributed by atoms with Crippen molar-refractivity contribution in [2.75, 3.05) is 0 Å². The number of sulfonamides is 1. The summed E-state index contributed by atoms with van der Waals surface area (Å²) in [6.45, 7) is 9.26. The van der Waals surface area contributed by atoms with E-state index in [1.807, 2.05) is 33.8 Å². The predicted molar refractivity (Wildman–Crippen MR) is 81.1 cm³/mol. The number of nitrogens with one attached hydrogen (secondary N) is 1. The molecule has 0 saturated carbocycles. The lowest BCUT2D eigenvalue weighted by atomic mass is 10.0. The Balaban J connectivity index is 3.25. The van der Waals surface area contributed by atoms with Crippen LogP contribution in [-0.4, -0.2) is 19.1 Å². The second kappa shape index (κ2) is 6.24. The monoisotopic (exact) mass is 299 g/mol. The highest BCUT2D eigenvalue weighted by Crippen LogP contribution is 2.23. The minimum atomic E-state index is -3.59. The van der Waals surface area contributed by atoms with E-state index in [9.17, 15) is 13.5 Å². The second-order valence-corrected chi connectivity index (χ2v) is 7.58. The van der Waals surface area contributed by atoms with Gasteiger partial charge >= 0.3 is 0 Å². The SMILES string of the molecule is CCCC(C)(C)NS(=O)(=O)c1cc(CO)cc(C)c1C. The van der Waals surface area contributed by atoms with E-state index in [4.69, 9.17) is 0 Å². The first-order valence-corrected chi connectivity index (χ1v) is 8.36. The largest absolute Gasteiger partial charge is 0.392 e. The van der Waals surface area contributed by atoms with E-state index >= 15 is 0 Å². The smallest absolute Gasteiger partial charge is 0.241 e. The lowest BCUT2D eigenvalue weighted by molar-refractivity contribution is 0.281. The third kappa shape index (κ3) is 4.04. The Labute approximate surface area is 122 Å². The Morgan fingerprint density at radius 2 is 1.85 bits per heavy atom. The van der Waals surface area contributed by atoms with Gasteiger partial charge in [-0.2, -0.15) is 0 Å². The first kappa shape index (κ1) is 17.1. The third-order valence-electron chi connectivity index (χ3n) is 3.44. The molecule has 0 aliphatic carbocycles. The summed E-state index contributed by atoms with van der Waals surface area (Å²) in [6, 6.07) is 3.36. The number of aryl methyl sites for hydroxylation is 1. The fraction of sp³-hybridized carbons (Fsp3) is 0.600. The van der Waals surface area contributed by atoms with Crippen LogP contribution < -0.4 is 4.72 Å². The highest BCUT2D eigenvalue weighted by atomic mass is 32.2. The number of benzene rings is 1. The van der Waals surface area contributed by atoms with Crippen LogP contribution in [0.15, 0.2) is 17.0 Å². The first-order chi connectivity index (χ1) is 9.13. The molecule has 0 fully saturated rings. The molecule has 5 heteroatoms. The van der Waals surface area contributed by atoms with Crippen LogP contribution >= 0.6 is 0 Å². The van der Waals surface area contributed by atoms with E-state index < -0.39 is 15.6 Å². The van der Waals surface area contributed by atoms with Crippen molar-refractivity contribution >= 4 is 10.0 Å². The van der Waals surface area contributed by atoms with Gasteiger partial charge < -0.3 is 5.11 Å². The summed E-state index contributed by atoms with van der Waals surface area (Å²) in [4.78, 5) is 0.255. The Bertz CT molecular complexity index is 577. The topological polar surface area (TPSA) is 66.4 Å². The summed E-state index contributed by atoms with van der Waals surface area (Å²) in [6.07, 6.45) is 1.67. The van der Waals surface area contributed by atoms with Crippen LogP contribution in [0.5, 0.6) is 0 Å². The van der Waals surface area contributed by atoms with Gasteiger partial charge in [-0.15, -0.1) is 0 Å². The van der Waals surface area contributed by atoms with Crippen molar-refractivity contribution < 1.29 is 13.5 Å². The van der Waals surface area contributed by atoms with Crippen molar-refractivity contribution in [3.05, 3.63) is 28.8 Å². The molecule has 0 aliphatic rings. The number of rotatable bonds is 6. The van der Waals surface area contributed by atoms with Crippen LogP contribution in [-0.2, 0) is 16.6 Å². The molecule has 114 valence electrons. The summed E-state index contributed by atoms with van der Waals surface area (Å²) in [7, 11) is -3.59. The molecule has 0 spiro atoms. The molecule has 0 aliphatic heterocycles. The Morgan fingerprint density at radius 1 is 1.25 bits per heavy atom. The van der Waals surface area contributed by atoms with Crippen molar-refractivity contribution in [3.8, 4) is 0 Å². The Hall–Kier alpha value is -0.910. The Morgan fingerprint density at radius 3 is 2.35 bits per heavy atom. The van der Waals surface area contributed by atoms with Gasteiger partial charge in [-0.25, -0.2) is 13.1 Å². The van der Waals surface area contributed by atoms with Gasteiger partial charge in [-0.1, -0.05) is 19.4 Å². The van der Waals surface area contributed by atoms with Crippen LogP contribution in [0.2, 0.25) is 0 Å². The minimum absolute atomic E-state index is 0.165. The number of hydrogen-bond acceptors (Lipinski definition) is 3. The highest BCUT2D eigenvalue weighted by molar-refractivity contribution is 7.89. The molecule has 0 saturated heterocycles. The lowest BCUT2D eigenvalue weighted by Gasteiger charge is -2.26. The lowest BCUT2D eigenvalue weighted by Crippen LogP contribution is -2.43. The van der Waals surface area contributed by atoms with Gasteiger partial charge in [0.15, 0.2) is 0 Å². The minimum Gasteiger partial charge on any atom is -0.392 e. The zero-order valence-corrected chi connectivity index (χ0v) is 13.8. The summed E-state index contributed by atoms with van der Waals surface area (Å²) in [5.41, 5.74) is 1.72. The number of aliphatic hydroxyl groups is 1. The van der Waals surface area contributed by atoms with Crippen molar-refractivity contribution in [1.29, 1.82) is 0 Å². The van der Waals surface area contributed by atoms with Crippen molar-refractivity contribution in [2.24, 2.45) is 0 Å². The molecule has 1 rings (SSSR count). The van der Waals surface area contributed by atoms with E-state index in [2.05, 4.69) is 4.72 Å². The molecule has 0 amide bonds. The molecule has 0 unspecified atom stereocenters. The standard InChI is InChI=1S/C15H25NO3S/c1-6-7-15(4,5)16-20(18,19)14-9-13(10-17)8-11(2)12(14)3/h8-9,16-17H,6-7,10H2,1-5H3. The fourth-order valence-electron chi connectivity index (χ4n) is 2.36. The van der Waals surface area contributed by atoms with Crippen molar-refractivity contribution in [1.82, 2.24) is 4.72 Å². The van der Waals surface area contributed by atoms with E-state index in [0.29, 0.717) is 5.56 Å². The summed E-state index contributed by atoms with van der Waals surface area (Å²) in [5, 5.41) is 9.24. The summed E-state index contributed by atoms with van der Waals surface area (Å²) >= 11 is 0. The van der Waals surface area contributed by atoms with Crippen molar-refractivity contribution in [3.63, 3.8) is 0 Å². The van der Waals surface area contributed by atoms with Crippen LogP contribution in [0.1, 0.15) is 50.3 Å². The average molecular weight is 299 g/mol. The van der Waals surface area contributed by atoms with Gasteiger partial charge in [-0.3, -0.25) is 0 Å². The molecule has 20 heavy (non-hydrogen) atoms. The predicted octanol–water partition coefficient (Wildman–Crippen LogP) is 2.65. The quantitative estimate of drug-likeness (QED) is 0.848. The molecule has 0 bridgehead atoms. The van der Waals surface area contributed by atoms with Gasteiger partial charge in [0.2, 0.25) is 10.0 Å². The van der Waals surface area contributed by atoms with Crippen LogP contribution in [0.4, 0.5) is 0 Å². The molecule has 0 aromatic heterocycles. The van der Waals surface area contributed by atoms with Gasteiger partial charge in [0.05, 0.1) is 11.5 Å². The molecule has 0 radical (unpaired) electrons. The molecule has 4 nitrogen and oxygen atoms in total. The molecule has 2 N–H and O–H groups in total. The first-order valence-electron chi connectivity index (χ1n) is 6.88. The zero-order valence-electron chi connectivity index (χ0n) is 12.9. The molecule has 0 heterocycles. The maximum Gasteiger partial charge on any atom is 0.241 e. The summed E-state index contributed by atoms with van der Waals surface area (Å²) in [5.74, 6) is 0. The van der Waals surface area contributed by atoms with Crippen LogP contribution in [0, 0.1) is 13.8 Å². The number of aliphatic hydroxyl groups excluding tert-OH is 1. The van der Waals surface area contributed by atoms with Gasteiger partial charge in [0.25, 0.3) is 0 Å². The van der Waals surface area contributed by atoms with E-state index in [0.717, 1.165) is 24.0 Å². The highest BCUT2D eigenvalue weighted by Gasteiger charge is 2.27. The van der Waals surface area contributed by atoms with Gasteiger partial charge in [0.1, 0.15) is 0 Å². The third-order valence-corrected chi connectivity index (χ3v) is 5.26. The normalized spacial score (nSPS) is 12.7. The molecular weight excluding hydrogens is 274 g/mol. The van der Waals surface area contributed by atoms with Gasteiger partial charge in [0, 0.05) is 5.54 Å². The van der Waals surface area contributed by atoms with E-state index in [1.165, 1.54) is 0 Å². The van der Waals surface area contributed by atoms with Crippen molar-refractivity contribution in [2.45, 2.75) is 64.5 Å².